The number of aryl methyl sites for hydroxylation is 1. The van der Waals surface area contributed by atoms with Gasteiger partial charge in [-0.05, 0) is 27.3 Å². The number of likely N-dealkylation sites (N-methyl/N-ethyl adjacent to an activating group) is 1. The molecule has 6 nitrogen and oxygen atoms in total. The van der Waals surface area contributed by atoms with Crippen LogP contribution in [-0.4, -0.2) is 38.4 Å². The van der Waals surface area contributed by atoms with Gasteiger partial charge in [-0.1, -0.05) is 17.2 Å². The minimum atomic E-state index is -0.930. The number of hydrogen-bond donors (Lipinski definition) is 1. The van der Waals surface area contributed by atoms with Crippen LogP contribution in [0.2, 0.25) is 0 Å². The number of rotatable bonds is 5. The highest BCUT2D eigenvalue weighted by Crippen LogP contribution is 2.18. The lowest BCUT2D eigenvalue weighted by Crippen LogP contribution is -2.49. The first-order chi connectivity index (χ1) is 7.39. The molecule has 0 aliphatic carbocycles. The largest absolute Gasteiger partial charge is 0.480 e. The predicted octanol–water partition coefficient (Wildman–Crippen LogP) is 1.06. The molecule has 0 spiro atoms. The van der Waals surface area contributed by atoms with Crippen molar-refractivity contribution >= 4 is 5.97 Å². The number of hydrogen-bond acceptors (Lipinski definition) is 5. The van der Waals surface area contributed by atoms with E-state index >= 15 is 0 Å². The van der Waals surface area contributed by atoms with Crippen molar-refractivity contribution in [1.29, 1.82) is 0 Å². The van der Waals surface area contributed by atoms with Crippen LogP contribution >= 0.6 is 0 Å². The first kappa shape index (κ1) is 12.6. The summed E-state index contributed by atoms with van der Waals surface area (Å²) in [5.41, 5.74) is 0.441. The van der Waals surface area contributed by atoms with Crippen LogP contribution in [0.25, 0.3) is 0 Å². The number of nitrogens with zero attached hydrogens (tertiary/aromatic N) is 3. The van der Waals surface area contributed by atoms with E-state index in [0.29, 0.717) is 24.5 Å². The number of carboxylic acids is 1. The second-order valence-corrected chi connectivity index (χ2v) is 4.17. The van der Waals surface area contributed by atoms with Crippen LogP contribution in [0.15, 0.2) is 4.63 Å². The third kappa shape index (κ3) is 2.38. The molecule has 1 aromatic heterocycles. The van der Waals surface area contributed by atoms with E-state index in [1.165, 1.54) is 0 Å². The van der Waals surface area contributed by atoms with Gasteiger partial charge in [0.15, 0.2) is 0 Å². The maximum Gasteiger partial charge on any atom is 0.323 e. The van der Waals surface area contributed by atoms with Gasteiger partial charge in [-0.15, -0.1) is 0 Å². The van der Waals surface area contributed by atoms with Crippen molar-refractivity contribution in [2.24, 2.45) is 0 Å². The molecule has 0 amide bonds. The van der Waals surface area contributed by atoms with Gasteiger partial charge in [-0.3, -0.25) is 9.69 Å². The molecule has 0 saturated carbocycles. The highest BCUT2D eigenvalue weighted by molar-refractivity contribution is 5.77. The second kappa shape index (κ2) is 4.61. The third-order valence-electron chi connectivity index (χ3n) is 2.78. The van der Waals surface area contributed by atoms with E-state index in [-0.39, 0.29) is 0 Å². The van der Waals surface area contributed by atoms with Crippen LogP contribution < -0.4 is 0 Å². The van der Waals surface area contributed by atoms with E-state index in [0.717, 1.165) is 0 Å². The summed E-state index contributed by atoms with van der Waals surface area (Å²) in [5, 5.41) is 16.6. The van der Waals surface area contributed by atoms with Crippen molar-refractivity contribution in [3.8, 4) is 0 Å². The van der Waals surface area contributed by atoms with Crippen molar-refractivity contribution in [1.82, 2.24) is 15.2 Å². The fourth-order valence-electron chi connectivity index (χ4n) is 1.41. The highest BCUT2D eigenvalue weighted by Gasteiger charge is 2.34. The average molecular weight is 227 g/mol. The minimum Gasteiger partial charge on any atom is -0.480 e. The third-order valence-corrected chi connectivity index (χ3v) is 2.78. The molecule has 0 bridgehead atoms. The molecule has 0 aliphatic heterocycles. The Labute approximate surface area is 94.2 Å². The van der Waals surface area contributed by atoms with Crippen LogP contribution in [0.5, 0.6) is 0 Å². The smallest absolute Gasteiger partial charge is 0.323 e. The van der Waals surface area contributed by atoms with E-state index in [1.807, 2.05) is 11.8 Å². The van der Waals surface area contributed by atoms with Crippen LogP contribution in [0.4, 0.5) is 0 Å². The summed E-state index contributed by atoms with van der Waals surface area (Å²) in [7, 11) is 0. The Balaban J connectivity index is 2.85. The first-order valence-corrected chi connectivity index (χ1v) is 5.16. The van der Waals surface area contributed by atoms with Gasteiger partial charge in [0.05, 0.1) is 0 Å². The lowest BCUT2D eigenvalue weighted by molar-refractivity contribution is -0.149. The summed E-state index contributed by atoms with van der Waals surface area (Å²) in [6.07, 6.45) is 0. The summed E-state index contributed by atoms with van der Waals surface area (Å²) >= 11 is 0. The molecule has 1 rings (SSSR count). The summed E-state index contributed by atoms with van der Waals surface area (Å²) in [6, 6.07) is 0. The van der Waals surface area contributed by atoms with Gasteiger partial charge in [-0.2, -0.15) is 0 Å². The van der Waals surface area contributed by atoms with Crippen LogP contribution in [-0.2, 0) is 11.3 Å². The molecular formula is C10H17N3O3. The van der Waals surface area contributed by atoms with E-state index < -0.39 is 11.5 Å². The Hall–Kier alpha value is -1.43. The Kier molecular flexibility index (Phi) is 3.64. The maximum absolute atomic E-state index is 11.1. The van der Waals surface area contributed by atoms with E-state index in [2.05, 4.69) is 14.9 Å². The number of aromatic nitrogens is 2. The zero-order valence-corrected chi connectivity index (χ0v) is 10.0. The first-order valence-electron chi connectivity index (χ1n) is 5.16. The van der Waals surface area contributed by atoms with Gasteiger partial charge in [0.1, 0.15) is 16.9 Å². The molecule has 0 saturated heterocycles. The van der Waals surface area contributed by atoms with Gasteiger partial charge < -0.3 is 5.11 Å². The minimum absolute atomic E-state index is 0.422. The molecule has 16 heavy (non-hydrogen) atoms. The van der Waals surface area contributed by atoms with Crippen LogP contribution in [0.1, 0.15) is 32.2 Å². The van der Waals surface area contributed by atoms with Crippen molar-refractivity contribution in [2.45, 2.75) is 39.8 Å². The highest BCUT2D eigenvalue weighted by atomic mass is 16.6. The van der Waals surface area contributed by atoms with Gasteiger partial charge in [0.2, 0.25) is 0 Å². The predicted molar refractivity (Wildman–Crippen MR) is 56.8 cm³/mol. The molecule has 0 atom stereocenters. The number of carboxylic acid groups (broad SMARTS) is 1. The molecule has 0 fully saturated rings. The number of carbonyl (C=O) groups is 1. The fraction of sp³-hybridized carbons (Fsp3) is 0.700. The SMILES string of the molecule is CCN(Cc1nonc1C)C(C)(C)C(=O)O. The maximum atomic E-state index is 11.1. The Morgan fingerprint density at radius 1 is 1.50 bits per heavy atom. The van der Waals surface area contributed by atoms with Gasteiger partial charge in [-0.25, -0.2) is 4.63 Å². The molecule has 1 heterocycles. The molecule has 0 aliphatic rings. The van der Waals surface area contributed by atoms with Gasteiger partial charge >= 0.3 is 5.97 Å². The topological polar surface area (TPSA) is 79.5 Å². The standard InChI is InChI=1S/C10H17N3O3/c1-5-13(10(3,4)9(14)15)6-8-7(2)11-16-12-8/h5-6H2,1-4H3,(H,14,15). The molecule has 0 unspecified atom stereocenters. The Bertz CT molecular complexity index is 373. The molecular weight excluding hydrogens is 210 g/mol. The van der Waals surface area contributed by atoms with Crippen molar-refractivity contribution in [3.05, 3.63) is 11.4 Å². The fourth-order valence-corrected chi connectivity index (χ4v) is 1.41. The van der Waals surface area contributed by atoms with E-state index in [4.69, 9.17) is 5.11 Å². The molecule has 1 N–H and O–H groups in total. The summed E-state index contributed by atoms with van der Waals surface area (Å²) in [6.45, 7) is 8.07. The van der Waals surface area contributed by atoms with Crippen molar-refractivity contribution < 1.29 is 14.5 Å². The zero-order chi connectivity index (χ0) is 12.3. The second-order valence-electron chi connectivity index (χ2n) is 4.17. The number of aliphatic carboxylic acids is 1. The van der Waals surface area contributed by atoms with Crippen LogP contribution in [0, 0.1) is 6.92 Å². The Morgan fingerprint density at radius 3 is 2.50 bits per heavy atom. The van der Waals surface area contributed by atoms with E-state index in [9.17, 15) is 4.79 Å². The lowest BCUT2D eigenvalue weighted by Gasteiger charge is -2.33. The molecule has 1 aromatic rings. The van der Waals surface area contributed by atoms with E-state index in [1.54, 1.807) is 20.8 Å². The molecule has 0 aromatic carbocycles. The van der Waals surface area contributed by atoms with Gasteiger partial charge in [0, 0.05) is 6.54 Å². The zero-order valence-electron chi connectivity index (χ0n) is 10.0. The Morgan fingerprint density at radius 2 is 2.12 bits per heavy atom. The van der Waals surface area contributed by atoms with Gasteiger partial charge in [0.25, 0.3) is 0 Å². The monoisotopic (exact) mass is 227 g/mol. The quantitative estimate of drug-likeness (QED) is 0.810. The molecule has 90 valence electrons. The van der Waals surface area contributed by atoms with Crippen molar-refractivity contribution in [3.63, 3.8) is 0 Å². The summed E-state index contributed by atoms with van der Waals surface area (Å²) in [4.78, 5) is 12.9. The average Bonchev–Trinajstić information content (AvgIpc) is 2.60. The lowest BCUT2D eigenvalue weighted by atomic mass is 10.0. The molecule has 0 radical (unpaired) electrons. The summed E-state index contributed by atoms with van der Waals surface area (Å²) < 4.78 is 4.59. The summed E-state index contributed by atoms with van der Waals surface area (Å²) in [5.74, 6) is -0.858. The van der Waals surface area contributed by atoms with Crippen molar-refractivity contribution in [2.75, 3.05) is 6.54 Å². The van der Waals surface area contributed by atoms with Crippen LogP contribution in [0.3, 0.4) is 0 Å². The molecule has 6 heteroatoms. The normalized spacial score (nSPS) is 12.1.